The van der Waals surface area contributed by atoms with E-state index in [1.165, 1.54) is 25.7 Å². The Morgan fingerprint density at radius 2 is 1.93 bits per heavy atom. The van der Waals surface area contributed by atoms with Crippen LogP contribution in [0.1, 0.15) is 46.5 Å². The van der Waals surface area contributed by atoms with E-state index in [4.69, 9.17) is 0 Å². The Morgan fingerprint density at radius 1 is 1.20 bits per heavy atom. The Bertz CT molecular complexity index is 299. The summed E-state index contributed by atoms with van der Waals surface area (Å²) < 4.78 is 0. The van der Waals surface area contributed by atoms with Crippen molar-refractivity contribution in [3.63, 3.8) is 0 Å². The normalized spacial score (nSPS) is 51.9. The zero-order valence-corrected chi connectivity index (χ0v) is 10.4. The molecule has 0 aromatic heterocycles. The molecule has 0 aliphatic heterocycles. The van der Waals surface area contributed by atoms with Gasteiger partial charge in [-0.05, 0) is 60.7 Å². The molecule has 3 rings (SSSR count). The van der Waals surface area contributed by atoms with Crippen LogP contribution in [0.5, 0.6) is 0 Å². The van der Waals surface area contributed by atoms with Gasteiger partial charge in [-0.15, -0.1) is 0 Å². The first-order valence-corrected chi connectivity index (χ1v) is 6.71. The molecule has 3 fully saturated rings. The van der Waals surface area contributed by atoms with E-state index in [2.05, 4.69) is 27.4 Å². The summed E-state index contributed by atoms with van der Waals surface area (Å²) in [5.41, 5.74) is 2.25. The van der Waals surface area contributed by atoms with Crippen molar-refractivity contribution >= 4 is 0 Å². The van der Waals surface area contributed by atoms with Gasteiger partial charge >= 0.3 is 0 Å². The number of fused-ring (bicyclic) bond motifs is 3. The molecule has 3 aliphatic carbocycles. The molecule has 15 heavy (non-hydrogen) atoms. The van der Waals surface area contributed by atoms with Crippen LogP contribution in [0.25, 0.3) is 0 Å². The quantitative estimate of drug-likeness (QED) is 0.517. The van der Waals surface area contributed by atoms with Gasteiger partial charge in [0, 0.05) is 0 Å². The molecule has 0 nitrogen and oxygen atoms in total. The summed E-state index contributed by atoms with van der Waals surface area (Å²) in [6.07, 6.45) is 5.63. The second-order valence-electron chi connectivity index (χ2n) is 6.89. The molecule has 0 heterocycles. The Hall–Kier alpha value is -0.260. The highest BCUT2D eigenvalue weighted by Crippen LogP contribution is 2.70. The van der Waals surface area contributed by atoms with E-state index in [1.807, 2.05) is 0 Å². The average Bonchev–Trinajstić information content (AvgIpc) is 2.55. The van der Waals surface area contributed by atoms with E-state index >= 15 is 0 Å². The molecule has 3 saturated carbocycles. The van der Waals surface area contributed by atoms with Gasteiger partial charge in [0.05, 0.1) is 0 Å². The molecule has 0 radical (unpaired) electrons. The molecular weight excluding hydrogens is 180 g/mol. The fraction of sp³-hybridized carbons (Fsp3) is 0.867. The first-order valence-electron chi connectivity index (χ1n) is 6.71. The van der Waals surface area contributed by atoms with Crippen molar-refractivity contribution < 1.29 is 0 Å². The number of allylic oxidation sites excluding steroid dienone is 1. The lowest BCUT2D eigenvalue weighted by molar-refractivity contribution is 0.280. The third kappa shape index (κ3) is 1.20. The zero-order valence-electron chi connectivity index (χ0n) is 10.4. The Morgan fingerprint density at radius 3 is 2.67 bits per heavy atom. The van der Waals surface area contributed by atoms with Crippen LogP contribution < -0.4 is 0 Å². The minimum absolute atomic E-state index is 0.655. The summed E-state index contributed by atoms with van der Waals surface area (Å²) in [6.45, 7) is 11.8. The minimum Gasteiger partial charge on any atom is -0.0996 e. The highest BCUT2D eigenvalue weighted by Gasteiger charge is 2.64. The van der Waals surface area contributed by atoms with E-state index in [0.29, 0.717) is 5.41 Å². The number of hydrogen-bond donors (Lipinski definition) is 0. The molecule has 0 saturated heterocycles. The Kier molecular flexibility index (Phi) is 1.92. The lowest BCUT2D eigenvalue weighted by atomic mass is 9.80. The second-order valence-corrected chi connectivity index (χ2v) is 6.89. The molecule has 0 heteroatoms. The summed E-state index contributed by atoms with van der Waals surface area (Å²) in [5.74, 6) is 4.87. The topological polar surface area (TPSA) is 0 Å². The van der Waals surface area contributed by atoms with Crippen molar-refractivity contribution in [2.24, 2.45) is 35.0 Å². The summed E-state index contributed by atoms with van der Waals surface area (Å²) in [5, 5.41) is 0. The smallest absolute Gasteiger partial charge is 0.0172 e. The molecule has 0 N–H and O–H groups in total. The molecule has 5 atom stereocenters. The van der Waals surface area contributed by atoms with E-state index in [9.17, 15) is 0 Å². The van der Waals surface area contributed by atoms with Gasteiger partial charge in [0.2, 0.25) is 0 Å². The fourth-order valence-corrected chi connectivity index (χ4v) is 4.93. The van der Waals surface area contributed by atoms with Gasteiger partial charge in [-0.25, -0.2) is 0 Å². The van der Waals surface area contributed by atoms with Gasteiger partial charge in [0.15, 0.2) is 0 Å². The van der Waals surface area contributed by atoms with Crippen molar-refractivity contribution in [3.05, 3.63) is 12.2 Å². The van der Waals surface area contributed by atoms with Crippen LogP contribution in [0.15, 0.2) is 12.2 Å². The Labute approximate surface area is 94.1 Å². The first kappa shape index (κ1) is 9.93. The fourth-order valence-electron chi connectivity index (χ4n) is 4.93. The summed E-state index contributed by atoms with van der Waals surface area (Å²) in [6, 6.07) is 0. The second kappa shape index (κ2) is 2.90. The largest absolute Gasteiger partial charge is 0.0996 e. The van der Waals surface area contributed by atoms with Gasteiger partial charge in [-0.3, -0.25) is 0 Å². The van der Waals surface area contributed by atoms with Crippen LogP contribution >= 0.6 is 0 Å². The van der Waals surface area contributed by atoms with Crippen LogP contribution in [-0.2, 0) is 0 Å². The molecule has 84 valence electrons. The number of rotatable bonds is 0. The van der Waals surface area contributed by atoms with E-state index in [1.54, 1.807) is 5.57 Å². The van der Waals surface area contributed by atoms with E-state index < -0.39 is 0 Å². The molecule has 0 spiro atoms. The summed E-state index contributed by atoms with van der Waals surface area (Å²) >= 11 is 0. The summed E-state index contributed by atoms with van der Waals surface area (Å²) in [7, 11) is 0. The minimum atomic E-state index is 0.655. The van der Waals surface area contributed by atoms with Crippen LogP contribution in [0, 0.1) is 35.0 Å². The summed E-state index contributed by atoms with van der Waals surface area (Å²) in [4.78, 5) is 0. The predicted octanol–water partition coefficient (Wildman–Crippen LogP) is 4.27. The van der Waals surface area contributed by atoms with E-state index in [0.717, 1.165) is 29.6 Å². The Balaban J connectivity index is 1.93. The van der Waals surface area contributed by atoms with Crippen LogP contribution in [0.2, 0.25) is 0 Å². The third-order valence-corrected chi connectivity index (χ3v) is 5.91. The van der Waals surface area contributed by atoms with Crippen molar-refractivity contribution in [2.75, 3.05) is 0 Å². The zero-order chi connectivity index (χ0) is 10.8. The van der Waals surface area contributed by atoms with Crippen molar-refractivity contribution in [1.82, 2.24) is 0 Å². The monoisotopic (exact) mass is 204 g/mol. The predicted molar refractivity (Wildman–Crippen MR) is 64.5 cm³/mol. The molecule has 0 unspecified atom stereocenters. The van der Waals surface area contributed by atoms with E-state index in [-0.39, 0.29) is 0 Å². The SMILES string of the molecule is C=C1CC[C@@H]2[C@H]([C@@H]3[C@H](C)CC[C@H]13)C2(C)C. The molecule has 0 bridgehead atoms. The first-order chi connectivity index (χ1) is 7.03. The molecule has 0 aromatic carbocycles. The van der Waals surface area contributed by atoms with Gasteiger partial charge in [-0.2, -0.15) is 0 Å². The highest BCUT2D eigenvalue weighted by atomic mass is 14.7. The molecule has 3 aliphatic rings. The number of hydrogen-bond acceptors (Lipinski definition) is 0. The van der Waals surface area contributed by atoms with Gasteiger partial charge < -0.3 is 0 Å². The van der Waals surface area contributed by atoms with Gasteiger partial charge in [-0.1, -0.05) is 32.9 Å². The van der Waals surface area contributed by atoms with Crippen molar-refractivity contribution in [2.45, 2.75) is 46.5 Å². The standard InChI is InChI=1S/C15H24/c1-9-6-8-12-14(15(12,3)4)13-10(2)5-7-11(9)13/h10-14H,1,5-8H2,2-4H3/t10-,11-,12-,13-,14-/m1/s1. The van der Waals surface area contributed by atoms with Crippen molar-refractivity contribution in [1.29, 1.82) is 0 Å². The molecule has 0 amide bonds. The lowest BCUT2D eigenvalue weighted by Gasteiger charge is -2.25. The highest BCUT2D eigenvalue weighted by molar-refractivity contribution is 5.20. The molecule has 0 aromatic rings. The molecular formula is C15H24. The lowest BCUT2D eigenvalue weighted by Crippen LogP contribution is -2.18. The van der Waals surface area contributed by atoms with Crippen molar-refractivity contribution in [3.8, 4) is 0 Å². The van der Waals surface area contributed by atoms with Crippen LogP contribution in [0.4, 0.5) is 0 Å². The van der Waals surface area contributed by atoms with Gasteiger partial charge in [0.25, 0.3) is 0 Å². The average molecular weight is 204 g/mol. The van der Waals surface area contributed by atoms with Crippen LogP contribution in [0.3, 0.4) is 0 Å². The van der Waals surface area contributed by atoms with Gasteiger partial charge in [0.1, 0.15) is 0 Å². The van der Waals surface area contributed by atoms with Crippen LogP contribution in [-0.4, -0.2) is 0 Å². The maximum absolute atomic E-state index is 4.35. The maximum Gasteiger partial charge on any atom is -0.0172 e. The maximum atomic E-state index is 4.35. The third-order valence-electron chi connectivity index (χ3n) is 5.91.